The Labute approximate surface area is 140 Å². The van der Waals surface area contributed by atoms with Gasteiger partial charge in [0.25, 0.3) is 5.91 Å². The molecule has 104 valence electrons. The van der Waals surface area contributed by atoms with Crippen molar-refractivity contribution in [3.05, 3.63) is 49.6 Å². The normalized spacial score (nSPS) is 10.2. The highest BCUT2D eigenvalue weighted by molar-refractivity contribution is 14.1. The summed E-state index contributed by atoms with van der Waals surface area (Å²) in [6, 6.07) is 8.39. The Kier molecular flexibility index (Phi) is 5.06. The SMILES string of the molecule is CNc1cc(C(=O)Nc2ccc(Cl)cc2I)cc(Cl)n1. The number of rotatable bonds is 3. The number of benzene rings is 1. The summed E-state index contributed by atoms with van der Waals surface area (Å²) in [5.74, 6) is 0.277. The van der Waals surface area contributed by atoms with Crippen molar-refractivity contribution in [2.24, 2.45) is 0 Å². The fourth-order valence-electron chi connectivity index (χ4n) is 1.54. The fraction of sp³-hybridized carbons (Fsp3) is 0.0769. The van der Waals surface area contributed by atoms with Gasteiger partial charge in [-0.3, -0.25) is 4.79 Å². The fourth-order valence-corrected chi connectivity index (χ4v) is 2.76. The first-order valence-corrected chi connectivity index (χ1v) is 7.45. The van der Waals surface area contributed by atoms with Crippen LogP contribution in [0, 0.1) is 3.57 Å². The maximum atomic E-state index is 12.2. The third kappa shape index (κ3) is 3.74. The van der Waals surface area contributed by atoms with Gasteiger partial charge in [-0.1, -0.05) is 23.2 Å². The molecule has 0 spiro atoms. The molecule has 0 unspecified atom stereocenters. The molecule has 1 heterocycles. The lowest BCUT2D eigenvalue weighted by Gasteiger charge is -2.09. The third-order valence-corrected chi connectivity index (χ3v) is 3.81. The van der Waals surface area contributed by atoms with Gasteiger partial charge in [0, 0.05) is 21.2 Å². The smallest absolute Gasteiger partial charge is 0.255 e. The summed E-state index contributed by atoms with van der Waals surface area (Å²) in [6.45, 7) is 0. The number of hydrogen-bond donors (Lipinski definition) is 2. The quantitative estimate of drug-likeness (QED) is 0.574. The highest BCUT2D eigenvalue weighted by Gasteiger charge is 2.11. The van der Waals surface area contributed by atoms with Crippen LogP contribution in [0.15, 0.2) is 30.3 Å². The lowest BCUT2D eigenvalue weighted by Crippen LogP contribution is -2.13. The predicted molar refractivity (Wildman–Crippen MR) is 90.9 cm³/mol. The van der Waals surface area contributed by atoms with Crippen LogP contribution in [-0.2, 0) is 0 Å². The lowest BCUT2D eigenvalue weighted by molar-refractivity contribution is 0.102. The van der Waals surface area contributed by atoms with E-state index in [9.17, 15) is 4.79 Å². The molecule has 1 amide bonds. The zero-order chi connectivity index (χ0) is 14.7. The molecule has 2 rings (SSSR count). The Bertz CT molecular complexity index is 664. The lowest BCUT2D eigenvalue weighted by atomic mass is 10.2. The minimum atomic E-state index is -0.258. The van der Waals surface area contributed by atoms with Crippen molar-refractivity contribution in [3.63, 3.8) is 0 Å². The van der Waals surface area contributed by atoms with E-state index in [-0.39, 0.29) is 11.1 Å². The van der Waals surface area contributed by atoms with Crippen molar-refractivity contribution in [2.45, 2.75) is 0 Å². The van der Waals surface area contributed by atoms with E-state index in [4.69, 9.17) is 23.2 Å². The van der Waals surface area contributed by atoms with E-state index in [1.54, 1.807) is 31.3 Å². The molecule has 0 atom stereocenters. The van der Waals surface area contributed by atoms with Crippen molar-refractivity contribution < 1.29 is 4.79 Å². The molecule has 7 heteroatoms. The minimum Gasteiger partial charge on any atom is -0.373 e. The maximum Gasteiger partial charge on any atom is 0.255 e. The van der Waals surface area contributed by atoms with Crippen molar-refractivity contribution >= 4 is 63.2 Å². The molecule has 20 heavy (non-hydrogen) atoms. The van der Waals surface area contributed by atoms with Gasteiger partial charge in [-0.15, -0.1) is 0 Å². The molecular formula is C13H10Cl2IN3O. The topological polar surface area (TPSA) is 54.0 Å². The van der Waals surface area contributed by atoms with E-state index in [0.717, 1.165) is 3.57 Å². The summed E-state index contributed by atoms with van der Waals surface area (Å²) < 4.78 is 0.859. The summed E-state index contributed by atoms with van der Waals surface area (Å²) in [6.07, 6.45) is 0. The largest absolute Gasteiger partial charge is 0.373 e. The molecular weight excluding hydrogens is 412 g/mol. The Morgan fingerprint density at radius 2 is 2.00 bits per heavy atom. The molecule has 0 radical (unpaired) electrons. The van der Waals surface area contributed by atoms with Gasteiger partial charge in [0.05, 0.1) is 5.69 Å². The van der Waals surface area contributed by atoms with Crippen LogP contribution in [0.4, 0.5) is 11.5 Å². The summed E-state index contributed by atoms with van der Waals surface area (Å²) in [5.41, 5.74) is 1.12. The van der Waals surface area contributed by atoms with Crippen molar-refractivity contribution in [3.8, 4) is 0 Å². The van der Waals surface area contributed by atoms with E-state index in [2.05, 4.69) is 38.2 Å². The Balaban J connectivity index is 2.26. The molecule has 0 aliphatic rings. The van der Waals surface area contributed by atoms with Crippen LogP contribution >= 0.6 is 45.8 Å². The number of aromatic nitrogens is 1. The number of amides is 1. The van der Waals surface area contributed by atoms with Crippen molar-refractivity contribution in [2.75, 3.05) is 17.7 Å². The van der Waals surface area contributed by atoms with Crippen LogP contribution in [0.5, 0.6) is 0 Å². The number of nitrogens with zero attached hydrogens (tertiary/aromatic N) is 1. The molecule has 1 aromatic carbocycles. The first kappa shape index (κ1) is 15.3. The molecule has 0 saturated carbocycles. The van der Waals surface area contributed by atoms with E-state index < -0.39 is 0 Å². The first-order chi connectivity index (χ1) is 9.49. The van der Waals surface area contributed by atoms with Gasteiger partial charge in [0.15, 0.2) is 0 Å². The average Bonchev–Trinajstić information content (AvgIpc) is 2.41. The number of halogens is 3. The first-order valence-electron chi connectivity index (χ1n) is 5.61. The van der Waals surface area contributed by atoms with Crippen molar-refractivity contribution in [1.82, 2.24) is 4.98 Å². The molecule has 2 N–H and O–H groups in total. The Morgan fingerprint density at radius 3 is 2.65 bits per heavy atom. The van der Waals surface area contributed by atoms with Crippen LogP contribution in [0.3, 0.4) is 0 Å². The van der Waals surface area contributed by atoms with Crippen molar-refractivity contribution in [1.29, 1.82) is 0 Å². The Hall–Kier alpha value is -1.05. The summed E-state index contributed by atoms with van der Waals surface area (Å²) in [4.78, 5) is 16.2. The van der Waals surface area contributed by atoms with Crippen LogP contribution in [0.2, 0.25) is 10.2 Å². The zero-order valence-corrected chi connectivity index (χ0v) is 14.0. The second-order valence-electron chi connectivity index (χ2n) is 3.89. The molecule has 4 nitrogen and oxygen atoms in total. The second-order valence-corrected chi connectivity index (χ2v) is 5.88. The number of nitrogens with one attached hydrogen (secondary N) is 2. The van der Waals surface area contributed by atoms with E-state index in [1.807, 2.05) is 0 Å². The maximum absolute atomic E-state index is 12.2. The third-order valence-electron chi connectivity index (χ3n) is 2.49. The van der Waals surface area contributed by atoms with Crippen LogP contribution < -0.4 is 10.6 Å². The molecule has 0 fully saturated rings. The monoisotopic (exact) mass is 421 g/mol. The van der Waals surface area contributed by atoms with Gasteiger partial charge in [-0.2, -0.15) is 0 Å². The number of hydrogen-bond acceptors (Lipinski definition) is 3. The second kappa shape index (κ2) is 6.60. The molecule has 0 bridgehead atoms. The van der Waals surface area contributed by atoms with Gasteiger partial charge in [-0.05, 0) is 52.9 Å². The number of anilines is 2. The summed E-state index contributed by atoms with van der Waals surface area (Å²) >= 11 is 13.9. The van der Waals surface area contributed by atoms with E-state index >= 15 is 0 Å². The van der Waals surface area contributed by atoms with Gasteiger partial charge in [-0.25, -0.2) is 4.98 Å². The molecule has 0 aliphatic carbocycles. The summed E-state index contributed by atoms with van der Waals surface area (Å²) in [5, 5.41) is 6.54. The highest BCUT2D eigenvalue weighted by Crippen LogP contribution is 2.23. The van der Waals surface area contributed by atoms with Gasteiger partial charge in [0.1, 0.15) is 11.0 Å². The molecule has 2 aromatic rings. The molecule has 1 aromatic heterocycles. The van der Waals surface area contributed by atoms with Crippen LogP contribution in [-0.4, -0.2) is 17.9 Å². The number of carbonyl (C=O) groups is 1. The van der Waals surface area contributed by atoms with E-state index in [0.29, 0.717) is 22.1 Å². The standard InChI is InChI=1S/C13H10Cl2IN3O/c1-17-12-5-7(4-11(15)19-12)13(20)18-10-3-2-8(14)6-9(10)16/h2-6H,1H3,(H,17,19)(H,18,20). The van der Waals surface area contributed by atoms with Crippen LogP contribution in [0.25, 0.3) is 0 Å². The van der Waals surface area contributed by atoms with Gasteiger partial charge in [0.2, 0.25) is 0 Å². The average molecular weight is 422 g/mol. The molecule has 0 saturated heterocycles. The van der Waals surface area contributed by atoms with Crippen LogP contribution in [0.1, 0.15) is 10.4 Å². The molecule has 0 aliphatic heterocycles. The summed E-state index contributed by atoms with van der Waals surface area (Å²) in [7, 11) is 1.71. The highest BCUT2D eigenvalue weighted by atomic mass is 127. The van der Waals surface area contributed by atoms with Gasteiger partial charge < -0.3 is 10.6 Å². The van der Waals surface area contributed by atoms with Gasteiger partial charge >= 0.3 is 0 Å². The Morgan fingerprint density at radius 1 is 1.25 bits per heavy atom. The van der Waals surface area contributed by atoms with E-state index in [1.165, 1.54) is 6.07 Å². The zero-order valence-electron chi connectivity index (χ0n) is 10.4. The predicted octanol–water partition coefficient (Wildman–Crippen LogP) is 4.29. The minimum absolute atomic E-state index is 0.257. The number of pyridine rings is 1. The number of carbonyl (C=O) groups excluding carboxylic acids is 1.